The van der Waals surface area contributed by atoms with Crippen LogP contribution in [0.1, 0.15) is 55.8 Å². The van der Waals surface area contributed by atoms with Gasteiger partial charge in [-0.15, -0.1) is 0 Å². The van der Waals surface area contributed by atoms with Crippen molar-refractivity contribution in [1.82, 2.24) is 14.8 Å². The number of pyridine rings is 1. The lowest BCUT2D eigenvalue weighted by Gasteiger charge is -2.48. The maximum atomic E-state index is 12.6. The van der Waals surface area contributed by atoms with E-state index >= 15 is 0 Å². The first-order valence-electron chi connectivity index (χ1n) is 9.70. The van der Waals surface area contributed by atoms with Gasteiger partial charge in [-0.3, -0.25) is 14.6 Å². The fraction of sp³-hybridized carbons (Fsp3) is 0.650. The number of carbonyl (C=O) groups excluding carboxylic acids is 2. The van der Waals surface area contributed by atoms with E-state index in [1.54, 1.807) is 25.4 Å². The summed E-state index contributed by atoms with van der Waals surface area (Å²) in [5, 5.41) is 0. The molecule has 0 N–H and O–H groups in total. The fourth-order valence-electron chi connectivity index (χ4n) is 4.54. The Balaban J connectivity index is 1.40. The van der Waals surface area contributed by atoms with Gasteiger partial charge in [0.15, 0.2) is 0 Å². The van der Waals surface area contributed by atoms with Gasteiger partial charge in [0.05, 0.1) is 11.2 Å². The molecule has 2 saturated heterocycles. The third-order valence-electron chi connectivity index (χ3n) is 6.03. The van der Waals surface area contributed by atoms with E-state index < -0.39 is 0 Å². The molecule has 3 heterocycles. The number of hydrogen-bond acceptors (Lipinski definition) is 4. The minimum absolute atomic E-state index is 0.0450. The molecule has 6 heteroatoms. The van der Waals surface area contributed by atoms with Gasteiger partial charge in [0, 0.05) is 51.1 Å². The molecule has 2 amide bonds. The summed E-state index contributed by atoms with van der Waals surface area (Å²) in [5.41, 5.74) is 0.458. The van der Waals surface area contributed by atoms with E-state index in [1.165, 1.54) is 0 Å². The second-order valence-electron chi connectivity index (χ2n) is 7.87. The molecule has 1 aliphatic carbocycles. The molecule has 26 heavy (non-hydrogen) atoms. The van der Waals surface area contributed by atoms with Crippen LogP contribution in [0.15, 0.2) is 24.5 Å². The van der Waals surface area contributed by atoms with E-state index in [4.69, 9.17) is 4.74 Å². The van der Waals surface area contributed by atoms with Gasteiger partial charge < -0.3 is 14.5 Å². The summed E-state index contributed by atoms with van der Waals surface area (Å²) >= 11 is 0. The number of carbonyl (C=O) groups is 2. The average molecular weight is 357 g/mol. The van der Waals surface area contributed by atoms with Gasteiger partial charge in [0.25, 0.3) is 5.91 Å². The Morgan fingerprint density at radius 1 is 1.23 bits per heavy atom. The standard InChI is InChI=1S/C20H27N3O3/c1-15(24)23(17-4-5-17)18-6-12-26-20(13-18)7-10-22(11-8-20)19(25)16-3-2-9-21-14-16/h2-3,9,14,17-18H,4-8,10-13H2,1H3. The van der Waals surface area contributed by atoms with Gasteiger partial charge in [-0.05, 0) is 50.7 Å². The number of rotatable bonds is 3. The molecule has 2 aliphatic heterocycles. The first kappa shape index (κ1) is 17.5. The Kier molecular flexibility index (Phi) is 4.69. The van der Waals surface area contributed by atoms with E-state index in [1.807, 2.05) is 11.0 Å². The zero-order valence-corrected chi connectivity index (χ0v) is 15.4. The number of hydrogen-bond donors (Lipinski definition) is 0. The highest BCUT2D eigenvalue weighted by molar-refractivity contribution is 5.93. The van der Waals surface area contributed by atoms with E-state index in [-0.39, 0.29) is 23.5 Å². The lowest BCUT2D eigenvalue weighted by atomic mass is 9.81. The van der Waals surface area contributed by atoms with Crippen molar-refractivity contribution in [2.24, 2.45) is 0 Å². The van der Waals surface area contributed by atoms with Gasteiger partial charge in [-0.2, -0.15) is 0 Å². The van der Waals surface area contributed by atoms with Crippen LogP contribution in [0.4, 0.5) is 0 Å². The van der Waals surface area contributed by atoms with Crippen LogP contribution >= 0.6 is 0 Å². The summed E-state index contributed by atoms with van der Waals surface area (Å²) in [6.07, 6.45) is 9.08. The maximum Gasteiger partial charge on any atom is 0.255 e. The molecule has 1 aromatic rings. The summed E-state index contributed by atoms with van der Waals surface area (Å²) in [7, 11) is 0. The predicted octanol–water partition coefficient (Wildman–Crippen LogP) is 2.25. The van der Waals surface area contributed by atoms with Gasteiger partial charge in [0.2, 0.25) is 5.91 Å². The molecule has 1 atom stereocenters. The number of aromatic nitrogens is 1. The molecule has 1 aromatic heterocycles. The molecule has 1 saturated carbocycles. The van der Waals surface area contributed by atoms with Gasteiger partial charge in [-0.1, -0.05) is 0 Å². The topological polar surface area (TPSA) is 62.7 Å². The third-order valence-corrected chi connectivity index (χ3v) is 6.03. The highest BCUT2D eigenvalue weighted by Crippen LogP contribution is 2.40. The Labute approximate surface area is 154 Å². The zero-order valence-electron chi connectivity index (χ0n) is 15.4. The van der Waals surface area contributed by atoms with Crippen molar-refractivity contribution >= 4 is 11.8 Å². The number of amides is 2. The molecular weight excluding hydrogens is 330 g/mol. The molecule has 0 radical (unpaired) electrons. The van der Waals surface area contributed by atoms with Crippen LogP contribution in [0.25, 0.3) is 0 Å². The molecular formula is C20H27N3O3. The first-order chi connectivity index (χ1) is 12.6. The number of nitrogens with zero attached hydrogens (tertiary/aromatic N) is 3. The third kappa shape index (κ3) is 3.47. The summed E-state index contributed by atoms with van der Waals surface area (Å²) < 4.78 is 6.21. The Hall–Kier alpha value is -1.95. The van der Waals surface area contributed by atoms with Crippen molar-refractivity contribution in [3.05, 3.63) is 30.1 Å². The lowest BCUT2D eigenvalue weighted by Crippen LogP contribution is -2.55. The van der Waals surface area contributed by atoms with Crippen LogP contribution in [-0.4, -0.2) is 64.0 Å². The summed E-state index contributed by atoms with van der Waals surface area (Å²) in [5.74, 6) is 0.238. The average Bonchev–Trinajstić information content (AvgIpc) is 3.47. The molecule has 4 rings (SSSR count). The highest BCUT2D eigenvalue weighted by atomic mass is 16.5. The lowest BCUT2D eigenvalue weighted by molar-refractivity contribution is -0.148. The highest BCUT2D eigenvalue weighted by Gasteiger charge is 2.45. The second-order valence-corrected chi connectivity index (χ2v) is 7.87. The van der Waals surface area contributed by atoms with Crippen molar-refractivity contribution in [3.8, 4) is 0 Å². The normalized spacial score (nSPS) is 25.1. The van der Waals surface area contributed by atoms with Crippen molar-refractivity contribution < 1.29 is 14.3 Å². The van der Waals surface area contributed by atoms with E-state index in [0.29, 0.717) is 31.3 Å². The van der Waals surface area contributed by atoms with Gasteiger partial charge in [-0.25, -0.2) is 0 Å². The molecule has 0 bridgehead atoms. The molecule has 6 nitrogen and oxygen atoms in total. The van der Waals surface area contributed by atoms with E-state index in [2.05, 4.69) is 9.88 Å². The Bertz CT molecular complexity index is 666. The van der Waals surface area contributed by atoms with Crippen LogP contribution < -0.4 is 0 Å². The molecule has 1 spiro atoms. The van der Waals surface area contributed by atoms with Crippen LogP contribution in [0.3, 0.4) is 0 Å². The van der Waals surface area contributed by atoms with Crippen molar-refractivity contribution in [2.45, 2.75) is 63.1 Å². The first-order valence-corrected chi connectivity index (χ1v) is 9.70. The van der Waals surface area contributed by atoms with Crippen LogP contribution in [0, 0.1) is 0 Å². The number of ether oxygens (including phenoxy) is 1. The second kappa shape index (κ2) is 6.99. The summed E-state index contributed by atoms with van der Waals surface area (Å²) in [6.45, 7) is 3.79. The fourth-order valence-corrected chi connectivity index (χ4v) is 4.54. The van der Waals surface area contributed by atoms with E-state index in [9.17, 15) is 9.59 Å². The minimum atomic E-state index is -0.183. The van der Waals surface area contributed by atoms with Crippen molar-refractivity contribution in [3.63, 3.8) is 0 Å². The predicted molar refractivity (Wildman–Crippen MR) is 96.6 cm³/mol. The SMILES string of the molecule is CC(=O)N(C1CC1)C1CCOC2(CCN(C(=O)c3cccnc3)CC2)C1. The minimum Gasteiger partial charge on any atom is -0.375 e. The van der Waals surface area contributed by atoms with Crippen molar-refractivity contribution in [1.29, 1.82) is 0 Å². The molecule has 0 aromatic carbocycles. The van der Waals surface area contributed by atoms with Crippen molar-refractivity contribution in [2.75, 3.05) is 19.7 Å². The molecule has 140 valence electrons. The smallest absolute Gasteiger partial charge is 0.255 e. The summed E-state index contributed by atoms with van der Waals surface area (Å²) in [4.78, 5) is 32.8. The van der Waals surface area contributed by atoms with Crippen LogP contribution in [0.5, 0.6) is 0 Å². The Morgan fingerprint density at radius 2 is 2.00 bits per heavy atom. The number of likely N-dealkylation sites (tertiary alicyclic amines) is 1. The van der Waals surface area contributed by atoms with Crippen LogP contribution in [-0.2, 0) is 9.53 Å². The number of piperidine rings is 1. The monoisotopic (exact) mass is 357 g/mol. The quantitative estimate of drug-likeness (QED) is 0.832. The molecule has 3 fully saturated rings. The molecule has 3 aliphatic rings. The van der Waals surface area contributed by atoms with Gasteiger partial charge in [0.1, 0.15) is 0 Å². The molecule has 1 unspecified atom stereocenters. The van der Waals surface area contributed by atoms with E-state index in [0.717, 1.165) is 38.5 Å². The maximum absolute atomic E-state index is 12.6. The largest absolute Gasteiger partial charge is 0.375 e. The summed E-state index contributed by atoms with van der Waals surface area (Å²) in [6, 6.07) is 4.34. The zero-order chi connectivity index (χ0) is 18.1. The Morgan fingerprint density at radius 3 is 2.62 bits per heavy atom. The van der Waals surface area contributed by atoms with Crippen LogP contribution in [0.2, 0.25) is 0 Å². The van der Waals surface area contributed by atoms with Gasteiger partial charge >= 0.3 is 0 Å².